The summed E-state index contributed by atoms with van der Waals surface area (Å²) in [5.74, 6) is 0.754. The Bertz CT molecular complexity index is 443. The summed E-state index contributed by atoms with van der Waals surface area (Å²) >= 11 is 0. The number of benzene rings is 1. The summed E-state index contributed by atoms with van der Waals surface area (Å²) in [6.45, 7) is 5.55. The molecule has 3 heteroatoms. The van der Waals surface area contributed by atoms with E-state index in [-0.39, 0.29) is 0 Å². The Labute approximate surface area is 96.3 Å². The second-order valence-corrected chi connectivity index (χ2v) is 5.18. The molecule has 1 atom stereocenters. The smallest absolute Gasteiger partial charge is 0.101 e. The van der Waals surface area contributed by atoms with E-state index in [0.29, 0.717) is 16.7 Å². The summed E-state index contributed by atoms with van der Waals surface area (Å²) in [7, 11) is 0. The van der Waals surface area contributed by atoms with Crippen LogP contribution in [0.15, 0.2) is 18.2 Å². The molecule has 0 spiro atoms. The number of anilines is 2. The highest BCUT2D eigenvalue weighted by Crippen LogP contribution is 2.51. The van der Waals surface area contributed by atoms with Crippen LogP contribution in [-0.4, -0.2) is 6.54 Å². The number of nitrogens with two attached hydrogens (primary N) is 1. The van der Waals surface area contributed by atoms with Gasteiger partial charge in [-0.05, 0) is 36.0 Å². The Morgan fingerprint density at radius 3 is 2.75 bits per heavy atom. The number of hydrogen-bond acceptors (Lipinski definition) is 3. The van der Waals surface area contributed by atoms with E-state index in [1.807, 2.05) is 12.1 Å². The number of nitrogens with zero attached hydrogens (tertiary/aromatic N) is 1. The van der Waals surface area contributed by atoms with Gasteiger partial charge in [0, 0.05) is 12.2 Å². The summed E-state index contributed by atoms with van der Waals surface area (Å²) in [5.41, 5.74) is 8.32. The van der Waals surface area contributed by atoms with Gasteiger partial charge in [-0.1, -0.05) is 13.8 Å². The minimum Gasteiger partial charge on any atom is -0.398 e. The van der Waals surface area contributed by atoms with Crippen molar-refractivity contribution in [3.05, 3.63) is 23.8 Å². The van der Waals surface area contributed by atoms with Gasteiger partial charge in [0.15, 0.2) is 0 Å². The number of rotatable bonds is 3. The van der Waals surface area contributed by atoms with Crippen molar-refractivity contribution >= 4 is 11.4 Å². The van der Waals surface area contributed by atoms with E-state index in [9.17, 15) is 0 Å². The van der Waals surface area contributed by atoms with Gasteiger partial charge in [0.05, 0.1) is 11.3 Å². The predicted octanol–water partition coefficient (Wildman–Crippen LogP) is 2.60. The van der Waals surface area contributed by atoms with Crippen LogP contribution in [0.2, 0.25) is 0 Å². The van der Waals surface area contributed by atoms with Crippen molar-refractivity contribution in [3.8, 4) is 6.07 Å². The molecule has 0 radical (unpaired) electrons. The van der Waals surface area contributed by atoms with Crippen molar-refractivity contribution in [2.75, 3.05) is 17.6 Å². The van der Waals surface area contributed by atoms with Gasteiger partial charge in [-0.25, -0.2) is 0 Å². The first kappa shape index (κ1) is 10.8. The molecule has 1 aromatic carbocycles. The molecule has 1 fully saturated rings. The SMILES string of the molecule is CC1(C)CC1CNc1ccc(C#N)c(N)c1. The zero-order valence-corrected chi connectivity index (χ0v) is 9.75. The molecule has 1 unspecified atom stereocenters. The molecule has 1 aliphatic rings. The molecule has 0 aromatic heterocycles. The lowest BCUT2D eigenvalue weighted by molar-refractivity contribution is 0.573. The minimum absolute atomic E-state index is 0.491. The zero-order chi connectivity index (χ0) is 11.8. The molecule has 3 nitrogen and oxygen atoms in total. The van der Waals surface area contributed by atoms with Crippen LogP contribution in [0.5, 0.6) is 0 Å². The molecule has 0 bridgehead atoms. The molecule has 1 saturated carbocycles. The largest absolute Gasteiger partial charge is 0.398 e. The number of nitrogen functional groups attached to an aromatic ring is 1. The fraction of sp³-hybridized carbons (Fsp3) is 0.462. The highest BCUT2D eigenvalue weighted by molar-refractivity contribution is 5.62. The van der Waals surface area contributed by atoms with E-state index in [1.165, 1.54) is 6.42 Å². The first-order valence-electron chi connectivity index (χ1n) is 5.56. The van der Waals surface area contributed by atoms with Crippen molar-refractivity contribution in [3.63, 3.8) is 0 Å². The van der Waals surface area contributed by atoms with E-state index in [2.05, 4.69) is 25.2 Å². The van der Waals surface area contributed by atoms with Gasteiger partial charge in [-0.15, -0.1) is 0 Å². The van der Waals surface area contributed by atoms with Crippen LogP contribution in [0.4, 0.5) is 11.4 Å². The topological polar surface area (TPSA) is 61.8 Å². The number of hydrogen-bond donors (Lipinski definition) is 2. The van der Waals surface area contributed by atoms with Crippen LogP contribution in [0.1, 0.15) is 25.8 Å². The lowest BCUT2D eigenvalue weighted by Gasteiger charge is -2.08. The summed E-state index contributed by atoms with van der Waals surface area (Å²) in [6.07, 6.45) is 1.28. The maximum Gasteiger partial charge on any atom is 0.101 e. The van der Waals surface area contributed by atoms with Crippen LogP contribution in [0.3, 0.4) is 0 Å². The standard InChI is InChI=1S/C13H17N3/c1-13(2)6-10(13)8-16-11-4-3-9(7-14)12(15)5-11/h3-5,10,16H,6,8,15H2,1-2H3. The van der Waals surface area contributed by atoms with E-state index in [1.54, 1.807) is 6.07 Å². The van der Waals surface area contributed by atoms with Crippen LogP contribution < -0.4 is 11.1 Å². The molecule has 3 N–H and O–H groups in total. The Morgan fingerprint density at radius 2 is 2.25 bits per heavy atom. The normalized spacial score (nSPS) is 21.2. The zero-order valence-electron chi connectivity index (χ0n) is 9.75. The highest BCUT2D eigenvalue weighted by atomic mass is 14.9. The van der Waals surface area contributed by atoms with Crippen LogP contribution in [-0.2, 0) is 0 Å². The lowest BCUT2D eigenvalue weighted by Crippen LogP contribution is -2.07. The van der Waals surface area contributed by atoms with Gasteiger partial charge in [0.1, 0.15) is 6.07 Å². The molecule has 2 rings (SSSR count). The monoisotopic (exact) mass is 215 g/mol. The third kappa shape index (κ3) is 2.11. The fourth-order valence-electron chi connectivity index (χ4n) is 1.94. The fourth-order valence-corrected chi connectivity index (χ4v) is 1.94. The van der Waals surface area contributed by atoms with E-state index in [4.69, 9.17) is 11.0 Å². The van der Waals surface area contributed by atoms with Gasteiger partial charge in [0.2, 0.25) is 0 Å². The summed E-state index contributed by atoms with van der Waals surface area (Å²) in [6, 6.07) is 7.55. The third-order valence-electron chi connectivity index (χ3n) is 3.44. The molecule has 0 aliphatic heterocycles. The molecule has 1 aliphatic carbocycles. The molecular weight excluding hydrogens is 198 g/mol. The van der Waals surface area contributed by atoms with Crippen LogP contribution >= 0.6 is 0 Å². The van der Waals surface area contributed by atoms with Crippen molar-refractivity contribution in [2.45, 2.75) is 20.3 Å². The maximum atomic E-state index is 8.76. The first-order chi connectivity index (χ1) is 7.53. The van der Waals surface area contributed by atoms with Gasteiger partial charge >= 0.3 is 0 Å². The van der Waals surface area contributed by atoms with Crippen molar-refractivity contribution in [2.24, 2.45) is 11.3 Å². The van der Waals surface area contributed by atoms with Gasteiger partial charge in [-0.3, -0.25) is 0 Å². The average Bonchev–Trinajstić information content (AvgIpc) is 2.84. The minimum atomic E-state index is 0.491. The molecular formula is C13H17N3. The van der Waals surface area contributed by atoms with Gasteiger partial charge in [0.25, 0.3) is 0 Å². The summed E-state index contributed by atoms with van der Waals surface area (Å²) in [4.78, 5) is 0. The van der Waals surface area contributed by atoms with Crippen molar-refractivity contribution in [1.82, 2.24) is 0 Å². The second-order valence-electron chi connectivity index (χ2n) is 5.18. The Morgan fingerprint density at radius 1 is 1.56 bits per heavy atom. The molecule has 16 heavy (non-hydrogen) atoms. The quantitative estimate of drug-likeness (QED) is 0.762. The molecule has 0 saturated heterocycles. The van der Waals surface area contributed by atoms with Gasteiger partial charge < -0.3 is 11.1 Å². The van der Waals surface area contributed by atoms with Crippen molar-refractivity contribution < 1.29 is 0 Å². The molecule has 0 amide bonds. The third-order valence-corrected chi connectivity index (χ3v) is 3.44. The van der Waals surface area contributed by atoms with E-state index in [0.717, 1.165) is 18.2 Å². The number of nitrogens with one attached hydrogen (secondary N) is 1. The molecule has 0 heterocycles. The Kier molecular flexibility index (Phi) is 2.51. The Balaban J connectivity index is 1.96. The molecule has 84 valence electrons. The Hall–Kier alpha value is -1.69. The number of nitriles is 1. The highest BCUT2D eigenvalue weighted by Gasteiger charge is 2.44. The average molecular weight is 215 g/mol. The second kappa shape index (κ2) is 3.71. The van der Waals surface area contributed by atoms with Gasteiger partial charge in [-0.2, -0.15) is 5.26 Å². The van der Waals surface area contributed by atoms with Crippen molar-refractivity contribution in [1.29, 1.82) is 5.26 Å². The first-order valence-corrected chi connectivity index (χ1v) is 5.56. The van der Waals surface area contributed by atoms with E-state index < -0.39 is 0 Å². The van der Waals surface area contributed by atoms with E-state index >= 15 is 0 Å². The molecule has 1 aromatic rings. The van der Waals surface area contributed by atoms with Crippen LogP contribution in [0.25, 0.3) is 0 Å². The maximum absolute atomic E-state index is 8.76. The van der Waals surface area contributed by atoms with Crippen LogP contribution in [0, 0.1) is 22.7 Å². The summed E-state index contributed by atoms with van der Waals surface area (Å²) < 4.78 is 0. The predicted molar refractivity (Wildman–Crippen MR) is 65.9 cm³/mol. The lowest BCUT2D eigenvalue weighted by atomic mass is 10.1. The summed E-state index contributed by atoms with van der Waals surface area (Å²) in [5, 5.41) is 12.1.